The second-order valence-corrected chi connectivity index (χ2v) is 10.2. The third kappa shape index (κ3) is 3.51. The van der Waals surface area contributed by atoms with Crippen molar-refractivity contribution in [2.24, 2.45) is 5.92 Å². The fourth-order valence-electron chi connectivity index (χ4n) is 2.07. The van der Waals surface area contributed by atoms with Crippen LogP contribution in [0.25, 0.3) is 0 Å². The molecule has 1 aliphatic carbocycles. The monoisotopic (exact) mass is 194 g/mol. The topological polar surface area (TPSA) is 0 Å². The molecule has 0 N–H and O–H groups in total. The molecule has 0 bridgehead atoms. The van der Waals surface area contributed by atoms with Gasteiger partial charge in [-0.3, -0.25) is 0 Å². The lowest BCUT2D eigenvalue weighted by atomic mass is 9.85. The molecule has 1 unspecified atom stereocenters. The molecule has 0 aromatic heterocycles. The second-order valence-electron chi connectivity index (χ2n) is 5.17. The van der Waals surface area contributed by atoms with E-state index in [2.05, 4.69) is 38.0 Å². The minimum absolute atomic E-state index is 0.695. The quantitative estimate of drug-likeness (QED) is 0.457. The lowest BCUT2D eigenvalue weighted by molar-refractivity contribution is 0.520. The summed E-state index contributed by atoms with van der Waals surface area (Å²) in [6, 6.07) is 0. The summed E-state index contributed by atoms with van der Waals surface area (Å²) < 4.78 is 0. The van der Waals surface area contributed by atoms with Gasteiger partial charge in [0.2, 0.25) is 0 Å². The molecule has 0 spiro atoms. The van der Waals surface area contributed by atoms with Crippen LogP contribution < -0.4 is 0 Å². The van der Waals surface area contributed by atoms with Gasteiger partial charge in [0, 0.05) is 0 Å². The Labute approximate surface area is 83.7 Å². The maximum absolute atomic E-state index is 3.94. The van der Waals surface area contributed by atoms with Gasteiger partial charge in [0.25, 0.3) is 0 Å². The molecule has 0 aromatic carbocycles. The smallest absolute Gasteiger partial charge is 0.0686 e. The molecule has 0 radical (unpaired) electrons. The van der Waals surface area contributed by atoms with Crippen molar-refractivity contribution in [3.05, 3.63) is 23.9 Å². The summed E-state index contributed by atoms with van der Waals surface area (Å²) in [6.45, 7) is 11.2. The van der Waals surface area contributed by atoms with Crippen molar-refractivity contribution in [1.29, 1.82) is 0 Å². The third-order valence-electron chi connectivity index (χ3n) is 2.61. The average Bonchev–Trinajstić information content (AvgIpc) is 2.02. The van der Waals surface area contributed by atoms with Crippen LogP contribution in [0.2, 0.25) is 19.6 Å². The summed E-state index contributed by atoms with van der Waals surface area (Å²) in [5.41, 5.74) is 4.26. The molecule has 1 saturated carbocycles. The average molecular weight is 194 g/mol. The maximum Gasteiger partial charge on any atom is 0.0686 e. The number of hydrogen-bond acceptors (Lipinski definition) is 0. The van der Waals surface area contributed by atoms with E-state index < -0.39 is 8.07 Å². The van der Waals surface area contributed by atoms with Crippen LogP contribution in [0, 0.1) is 5.92 Å². The first-order chi connectivity index (χ1) is 6.03. The van der Waals surface area contributed by atoms with Crippen LogP contribution in [-0.4, -0.2) is 8.07 Å². The van der Waals surface area contributed by atoms with Crippen molar-refractivity contribution < 1.29 is 0 Å². The van der Waals surface area contributed by atoms with E-state index >= 15 is 0 Å². The first kappa shape index (κ1) is 10.8. The SMILES string of the molecule is C=CC1CCCCC1=C[Si](C)(C)C. The van der Waals surface area contributed by atoms with Crippen molar-refractivity contribution in [3.63, 3.8) is 0 Å². The van der Waals surface area contributed by atoms with Crippen molar-refractivity contribution in [1.82, 2.24) is 0 Å². The van der Waals surface area contributed by atoms with E-state index in [-0.39, 0.29) is 0 Å². The maximum atomic E-state index is 3.94. The molecular weight excluding hydrogens is 172 g/mol. The zero-order valence-corrected chi connectivity index (χ0v) is 10.3. The molecular formula is C12H22Si. The normalized spacial score (nSPS) is 27.6. The van der Waals surface area contributed by atoms with Gasteiger partial charge in [0.15, 0.2) is 0 Å². The van der Waals surface area contributed by atoms with Crippen molar-refractivity contribution in [2.45, 2.75) is 45.3 Å². The van der Waals surface area contributed by atoms with E-state index in [4.69, 9.17) is 0 Å². The summed E-state index contributed by atoms with van der Waals surface area (Å²) in [7, 11) is -1.01. The Hall–Kier alpha value is -0.303. The summed E-state index contributed by atoms with van der Waals surface area (Å²) in [5.74, 6) is 0.695. The van der Waals surface area contributed by atoms with Crippen molar-refractivity contribution >= 4 is 8.07 Å². The molecule has 1 fully saturated rings. The molecule has 0 saturated heterocycles. The molecule has 1 aliphatic rings. The van der Waals surface area contributed by atoms with Gasteiger partial charge in [-0.2, -0.15) is 0 Å². The highest BCUT2D eigenvalue weighted by atomic mass is 28.3. The zero-order valence-electron chi connectivity index (χ0n) is 9.27. The van der Waals surface area contributed by atoms with Crippen molar-refractivity contribution in [2.75, 3.05) is 0 Å². The van der Waals surface area contributed by atoms with Gasteiger partial charge in [0.1, 0.15) is 0 Å². The van der Waals surface area contributed by atoms with E-state index in [1.165, 1.54) is 25.7 Å². The van der Waals surface area contributed by atoms with Crippen LogP contribution in [-0.2, 0) is 0 Å². The molecule has 74 valence electrons. The zero-order chi connectivity index (χ0) is 9.90. The molecule has 0 aromatic rings. The fraction of sp³-hybridized carbons (Fsp3) is 0.667. The van der Waals surface area contributed by atoms with Gasteiger partial charge in [-0.25, -0.2) is 0 Å². The van der Waals surface area contributed by atoms with Gasteiger partial charge >= 0.3 is 0 Å². The molecule has 1 rings (SSSR count). The largest absolute Gasteiger partial charge is 0.102 e. The van der Waals surface area contributed by atoms with Crippen LogP contribution in [0.3, 0.4) is 0 Å². The summed E-state index contributed by atoms with van der Waals surface area (Å²) in [5, 5.41) is 0. The summed E-state index contributed by atoms with van der Waals surface area (Å²) in [6.07, 6.45) is 7.58. The van der Waals surface area contributed by atoms with Gasteiger partial charge in [-0.1, -0.05) is 43.4 Å². The van der Waals surface area contributed by atoms with E-state index in [1.54, 1.807) is 5.57 Å². The Kier molecular flexibility index (Phi) is 3.54. The minimum Gasteiger partial charge on any atom is -0.102 e. The molecule has 13 heavy (non-hydrogen) atoms. The lowest BCUT2D eigenvalue weighted by Crippen LogP contribution is -2.20. The van der Waals surface area contributed by atoms with Crippen LogP contribution in [0.5, 0.6) is 0 Å². The molecule has 0 amide bonds. The predicted octanol–water partition coefficient (Wildman–Crippen LogP) is 4.17. The number of hydrogen-bond donors (Lipinski definition) is 0. The van der Waals surface area contributed by atoms with E-state index in [0.29, 0.717) is 5.92 Å². The van der Waals surface area contributed by atoms with E-state index in [9.17, 15) is 0 Å². The van der Waals surface area contributed by atoms with Gasteiger partial charge in [-0.05, 0) is 25.2 Å². The van der Waals surface area contributed by atoms with Crippen LogP contribution in [0.1, 0.15) is 25.7 Å². The Morgan fingerprint density at radius 1 is 1.31 bits per heavy atom. The third-order valence-corrected chi connectivity index (χ3v) is 3.85. The van der Waals surface area contributed by atoms with Gasteiger partial charge in [0.05, 0.1) is 8.07 Å². The second kappa shape index (κ2) is 4.27. The minimum atomic E-state index is -1.01. The fourth-order valence-corrected chi connectivity index (χ4v) is 3.54. The van der Waals surface area contributed by atoms with Gasteiger partial charge in [-0.15, -0.1) is 6.58 Å². The number of rotatable bonds is 2. The molecule has 1 heteroatoms. The molecule has 0 heterocycles. The van der Waals surface area contributed by atoms with E-state index in [0.717, 1.165) is 0 Å². The van der Waals surface area contributed by atoms with Crippen LogP contribution in [0.4, 0.5) is 0 Å². The summed E-state index contributed by atoms with van der Waals surface area (Å²) in [4.78, 5) is 0. The van der Waals surface area contributed by atoms with Gasteiger partial charge < -0.3 is 0 Å². The Bertz CT molecular complexity index is 208. The Morgan fingerprint density at radius 3 is 2.54 bits per heavy atom. The molecule has 0 aliphatic heterocycles. The predicted molar refractivity (Wildman–Crippen MR) is 63.6 cm³/mol. The lowest BCUT2D eigenvalue weighted by Gasteiger charge is -2.25. The molecule has 1 atom stereocenters. The van der Waals surface area contributed by atoms with E-state index in [1.807, 2.05) is 0 Å². The molecule has 0 nitrogen and oxygen atoms in total. The van der Waals surface area contributed by atoms with Crippen LogP contribution >= 0.6 is 0 Å². The first-order valence-electron chi connectivity index (χ1n) is 5.37. The highest BCUT2D eigenvalue weighted by Gasteiger charge is 2.19. The Morgan fingerprint density at radius 2 is 2.00 bits per heavy atom. The Balaban J connectivity index is 2.75. The van der Waals surface area contributed by atoms with Crippen LogP contribution in [0.15, 0.2) is 23.9 Å². The van der Waals surface area contributed by atoms with Crippen molar-refractivity contribution in [3.8, 4) is 0 Å². The number of allylic oxidation sites excluding steroid dienone is 2. The standard InChI is InChI=1S/C12H22Si/c1-5-11-8-6-7-9-12(11)10-13(2,3)4/h5,10-11H,1,6-9H2,2-4H3. The summed E-state index contributed by atoms with van der Waals surface area (Å²) >= 11 is 0. The highest BCUT2D eigenvalue weighted by Crippen LogP contribution is 2.31. The highest BCUT2D eigenvalue weighted by molar-refractivity contribution is 6.81. The first-order valence-corrected chi connectivity index (χ1v) is 8.95.